The van der Waals surface area contributed by atoms with Gasteiger partial charge in [-0.05, 0) is 25.1 Å². The van der Waals surface area contributed by atoms with Gasteiger partial charge in [0.2, 0.25) is 0 Å². The highest BCUT2D eigenvalue weighted by Crippen LogP contribution is 2.30. The van der Waals surface area contributed by atoms with Crippen molar-refractivity contribution in [3.63, 3.8) is 0 Å². The molecule has 0 spiro atoms. The van der Waals surface area contributed by atoms with E-state index in [1.807, 2.05) is 11.6 Å². The molecule has 13 heavy (non-hydrogen) atoms. The molecule has 1 saturated carbocycles. The molecule has 1 fully saturated rings. The van der Waals surface area contributed by atoms with Gasteiger partial charge in [-0.1, -0.05) is 19.3 Å². The van der Waals surface area contributed by atoms with Gasteiger partial charge in [-0.15, -0.1) is 0 Å². The van der Waals surface area contributed by atoms with Crippen LogP contribution in [0, 0.1) is 4.77 Å². The van der Waals surface area contributed by atoms with E-state index >= 15 is 0 Å². The van der Waals surface area contributed by atoms with Crippen LogP contribution in [0.5, 0.6) is 0 Å². The molecule has 0 aromatic carbocycles. The largest absolute Gasteiger partial charge is 0.307 e. The van der Waals surface area contributed by atoms with Crippen LogP contribution in [0.1, 0.15) is 43.8 Å². The smallest absolute Gasteiger partial charge is 0.194 e. The van der Waals surface area contributed by atoms with Gasteiger partial charge in [0.05, 0.1) is 0 Å². The molecular formula is C9H15N3S. The van der Waals surface area contributed by atoms with Gasteiger partial charge in [0.25, 0.3) is 0 Å². The van der Waals surface area contributed by atoms with Crippen molar-refractivity contribution in [3.05, 3.63) is 10.6 Å². The Morgan fingerprint density at radius 3 is 2.62 bits per heavy atom. The molecule has 0 radical (unpaired) electrons. The lowest BCUT2D eigenvalue weighted by atomic mass is 9.89. The number of hydrogen-bond acceptors (Lipinski definition) is 2. The van der Waals surface area contributed by atoms with Crippen LogP contribution in [0.4, 0.5) is 0 Å². The normalized spacial score (nSPS) is 19.2. The second-order valence-corrected chi connectivity index (χ2v) is 4.17. The molecule has 2 rings (SSSR count). The van der Waals surface area contributed by atoms with Gasteiger partial charge in [0, 0.05) is 13.0 Å². The number of aromatic amines is 1. The van der Waals surface area contributed by atoms with E-state index in [9.17, 15) is 0 Å². The number of nitrogens with zero attached hydrogens (tertiary/aromatic N) is 2. The summed E-state index contributed by atoms with van der Waals surface area (Å²) in [5, 5.41) is 7.13. The SMILES string of the molecule is Cn1c(C2CCCCC2)n[nH]c1=S. The summed E-state index contributed by atoms with van der Waals surface area (Å²) in [6, 6.07) is 0. The molecule has 3 nitrogen and oxygen atoms in total. The lowest BCUT2D eigenvalue weighted by molar-refractivity contribution is 0.420. The van der Waals surface area contributed by atoms with Gasteiger partial charge in [-0.3, -0.25) is 5.10 Å². The van der Waals surface area contributed by atoms with Gasteiger partial charge in [0.1, 0.15) is 5.82 Å². The van der Waals surface area contributed by atoms with Crippen LogP contribution in [0.15, 0.2) is 0 Å². The van der Waals surface area contributed by atoms with Crippen LogP contribution in [0.2, 0.25) is 0 Å². The fourth-order valence-corrected chi connectivity index (χ4v) is 2.22. The van der Waals surface area contributed by atoms with E-state index in [1.54, 1.807) is 0 Å². The summed E-state index contributed by atoms with van der Waals surface area (Å²) in [7, 11) is 2.00. The Labute approximate surface area is 83.2 Å². The molecule has 1 aromatic heterocycles. The number of H-pyrrole nitrogens is 1. The molecular weight excluding hydrogens is 182 g/mol. The molecule has 0 amide bonds. The van der Waals surface area contributed by atoms with Crippen molar-refractivity contribution in [2.45, 2.75) is 38.0 Å². The van der Waals surface area contributed by atoms with Crippen molar-refractivity contribution in [1.29, 1.82) is 0 Å². The van der Waals surface area contributed by atoms with Crippen molar-refractivity contribution in [2.24, 2.45) is 7.05 Å². The minimum atomic E-state index is 0.631. The summed E-state index contributed by atoms with van der Waals surface area (Å²) in [6.45, 7) is 0. The monoisotopic (exact) mass is 197 g/mol. The van der Waals surface area contributed by atoms with E-state index in [0.717, 1.165) is 10.6 Å². The fourth-order valence-electron chi connectivity index (χ4n) is 2.09. The van der Waals surface area contributed by atoms with Crippen LogP contribution < -0.4 is 0 Å². The molecule has 0 aliphatic heterocycles. The fraction of sp³-hybridized carbons (Fsp3) is 0.778. The summed E-state index contributed by atoms with van der Waals surface area (Å²) < 4.78 is 2.74. The lowest BCUT2D eigenvalue weighted by Gasteiger charge is -2.20. The van der Waals surface area contributed by atoms with E-state index < -0.39 is 0 Å². The summed E-state index contributed by atoms with van der Waals surface area (Å²) in [6.07, 6.45) is 6.60. The second kappa shape index (κ2) is 3.62. The molecule has 0 atom stereocenters. The van der Waals surface area contributed by atoms with Crippen LogP contribution in [0.25, 0.3) is 0 Å². The Morgan fingerprint density at radius 1 is 1.38 bits per heavy atom. The highest BCUT2D eigenvalue weighted by atomic mass is 32.1. The molecule has 0 saturated heterocycles. The first kappa shape index (κ1) is 8.94. The number of hydrogen-bond donors (Lipinski definition) is 1. The molecule has 1 heterocycles. The van der Waals surface area contributed by atoms with Crippen LogP contribution in [-0.2, 0) is 7.05 Å². The second-order valence-electron chi connectivity index (χ2n) is 3.78. The third-order valence-electron chi connectivity index (χ3n) is 2.88. The van der Waals surface area contributed by atoms with Crippen molar-refractivity contribution >= 4 is 12.2 Å². The van der Waals surface area contributed by atoms with E-state index in [1.165, 1.54) is 32.1 Å². The predicted octanol–water partition coefficient (Wildman–Crippen LogP) is 2.53. The topological polar surface area (TPSA) is 33.6 Å². The van der Waals surface area contributed by atoms with Crippen LogP contribution in [-0.4, -0.2) is 14.8 Å². The third-order valence-corrected chi connectivity index (χ3v) is 3.25. The summed E-state index contributed by atoms with van der Waals surface area (Å²) in [5.41, 5.74) is 0. The van der Waals surface area contributed by atoms with Crippen molar-refractivity contribution in [3.8, 4) is 0 Å². The zero-order valence-electron chi connectivity index (χ0n) is 7.92. The molecule has 1 N–H and O–H groups in total. The standard InChI is InChI=1S/C9H15N3S/c1-12-8(10-11-9(12)13)7-5-3-2-4-6-7/h7H,2-6H2,1H3,(H,11,13). The maximum atomic E-state index is 5.09. The summed E-state index contributed by atoms with van der Waals surface area (Å²) >= 11 is 5.09. The Balaban J connectivity index is 2.23. The lowest BCUT2D eigenvalue weighted by Crippen LogP contribution is -2.10. The molecule has 1 aliphatic rings. The third kappa shape index (κ3) is 1.68. The first-order valence-corrected chi connectivity index (χ1v) is 5.31. The zero-order chi connectivity index (χ0) is 9.26. The van der Waals surface area contributed by atoms with Crippen molar-refractivity contribution in [1.82, 2.24) is 14.8 Å². The number of aromatic nitrogens is 3. The van der Waals surface area contributed by atoms with E-state index in [2.05, 4.69) is 10.2 Å². The van der Waals surface area contributed by atoms with E-state index in [4.69, 9.17) is 12.2 Å². The number of rotatable bonds is 1. The van der Waals surface area contributed by atoms with Crippen LogP contribution in [0.3, 0.4) is 0 Å². The molecule has 1 aliphatic carbocycles. The Kier molecular flexibility index (Phi) is 2.49. The quantitative estimate of drug-likeness (QED) is 0.702. The summed E-state index contributed by atoms with van der Waals surface area (Å²) in [4.78, 5) is 0. The van der Waals surface area contributed by atoms with E-state index in [0.29, 0.717) is 5.92 Å². The van der Waals surface area contributed by atoms with Gasteiger partial charge in [-0.2, -0.15) is 5.10 Å². The minimum absolute atomic E-state index is 0.631. The molecule has 72 valence electrons. The molecule has 1 aromatic rings. The highest BCUT2D eigenvalue weighted by molar-refractivity contribution is 7.71. The van der Waals surface area contributed by atoms with Crippen molar-refractivity contribution < 1.29 is 0 Å². The first-order valence-electron chi connectivity index (χ1n) is 4.90. The molecule has 0 bridgehead atoms. The zero-order valence-corrected chi connectivity index (χ0v) is 8.73. The van der Waals surface area contributed by atoms with Crippen LogP contribution >= 0.6 is 12.2 Å². The van der Waals surface area contributed by atoms with E-state index in [-0.39, 0.29) is 0 Å². The Bertz CT molecular complexity index is 333. The van der Waals surface area contributed by atoms with Crippen molar-refractivity contribution in [2.75, 3.05) is 0 Å². The average molecular weight is 197 g/mol. The predicted molar refractivity (Wildman–Crippen MR) is 54.2 cm³/mol. The van der Waals surface area contributed by atoms with Gasteiger partial charge >= 0.3 is 0 Å². The Hall–Kier alpha value is -0.640. The maximum Gasteiger partial charge on any atom is 0.194 e. The minimum Gasteiger partial charge on any atom is -0.307 e. The van der Waals surface area contributed by atoms with Gasteiger partial charge in [0.15, 0.2) is 4.77 Å². The van der Waals surface area contributed by atoms with Gasteiger partial charge in [-0.25, -0.2) is 0 Å². The molecule has 4 heteroatoms. The maximum absolute atomic E-state index is 5.09. The van der Waals surface area contributed by atoms with Gasteiger partial charge < -0.3 is 4.57 Å². The summed E-state index contributed by atoms with van der Waals surface area (Å²) in [5.74, 6) is 1.77. The first-order chi connectivity index (χ1) is 6.29. The highest BCUT2D eigenvalue weighted by Gasteiger charge is 2.19. The Morgan fingerprint density at radius 2 is 2.08 bits per heavy atom. The average Bonchev–Trinajstić information content (AvgIpc) is 2.49. The number of nitrogens with one attached hydrogen (secondary N) is 1. The molecule has 0 unspecified atom stereocenters.